The predicted octanol–water partition coefficient (Wildman–Crippen LogP) is 2.70. The molecule has 0 radical (unpaired) electrons. The second-order valence-corrected chi connectivity index (χ2v) is 3.28. The van der Waals surface area contributed by atoms with E-state index in [4.69, 9.17) is 4.74 Å². The molecule has 0 aliphatic heterocycles. The van der Waals surface area contributed by atoms with E-state index in [0.717, 1.165) is 6.29 Å². The molecule has 0 fully saturated rings. The summed E-state index contributed by atoms with van der Waals surface area (Å²) in [6.45, 7) is 7.15. The van der Waals surface area contributed by atoms with Crippen LogP contribution in [-0.2, 0) is 4.79 Å². The van der Waals surface area contributed by atoms with Crippen LogP contribution in [0.15, 0.2) is 60.9 Å². The second kappa shape index (κ2) is 6.23. The molecule has 3 heteroatoms. The monoisotopic (exact) mass is 228 g/mol. The van der Waals surface area contributed by atoms with E-state index >= 15 is 0 Å². The first kappa shape index (κ1) is 12.6. The van der Waals surface area contributed by atoms with Crippen molar-refractivity contribution in [3.8, 4) is 5.75 Å². The zero-order chi connectivity index (χ0) is 12.7. The van der Waals surface area contributed by atoms with E-state index in [9.17, 15) is 9.59 Å². The van der Waals surface area contributed by atoms with Crippen LogP contribution in [0.5, 0.6) is 5.75 Å². The molecule has 1 rings (SSSR count). The average Bonchev–Trinajstić information content (AvgIpc) is 2.36. The highest BCUT2D eigenvalue weighted by atomic mass is 16.5. The first-order valence-electron chi connectivity index (χ1n) is 4.90. The molecule has 0 heterocycles. The average molecular weight is 228 g/mol. The molecular formula is C14H12O3. The van der Waals surface area contributed by atoms with Crippen molar-refractivity contribution in [3.63, 3.8) is 0 Å². The van der Waals surface area contributed by atoms with Gasteiger partial charge in [-0.15, -0.1) is 0 Å². The summed E-state index contributed by atoms with van der Waals surface area (Å²) in [4.78, 5) is 20.7. The largest absolute Gasteiger partial charge is 0.458 e. The third-order valence-electron chi connectivity index (χ3n) is 1.90. The van der Waals surface area contributed by atoms with Gasteiger partial charge in [0.25, 0.3) is 0 Å². The predicted molar refractivity (Wildman–Crippen MR) is 65.9 cm³/mol. The standard InChI is InChI=1S/C14H12O3/c1-11(9-15)3-4-12(2)17-14-7-5-13(10-16)6-8-14/h3-10H,1-2H2/b4-3-. The molecule has 0 spiro atoms. The van der Waals surface area contributed by atoms with Crippen LogP contribution in [0.1, 0.15) is 10.4 Å². The Morgan fingerprint density at radius 2 is 1.71 bits per heavy atom. The van der Waals surface area contributed by atoms with Gasteiger partial charge in [-0.3, -0.25) is 9.59 Å². The van der Waals surface area contributed by atoms with Crippen molar-refractivity contribution >= 4 is 12.6 Å². The zero-order valence-corrected chi connectivity index (χ0v) is 9.26. The van der Waals surface area contributed by atoms with Crippen molar-refractivity contribution in [3.05, 3.63) is 66.5 Å². The number of rotatable bonds is 6. The van der Waals surface area contributed by atoms with E-state index in [-0.39, 0.29) is 0 Å². The quantitative estimate of drug-likeness (QED) is 0.325. The lowest BCUT2D eigenvalue weighted by Crippen LogP contribution is -1.91. The lowest BCUT2D eigenvalue weighted by molar-refractivity contribution is -0.104. The molecule has 0 bridgehead atoms. The van der Waals surface area contributed by atoms with E-state index in [1.807, 2.05) is 0 Å². The molecule has 0 saturated carbocycles. The van der Waals surface area contributed by atoms with Crippen LogP contribution in [0.25, 0.3) is 0 Å². The van der Waals surface area contributed by atoms with Gasteiger partial charge in [-0.25, -0.2) is 0 Å². The highest BCUT2D eigenvalue weighted by Crippen LogP contribution is 2.14. The smallest absolute Gasteiger partial charge is 0.150 e. The molecule has 0 saturated heterocycles. The topological polar surface area (TPSA) is 43.4 Å². The van der Waals surface area contributed by atoms with Gasteiger partial charge in [0.15, 0.2) is 0 Å². The van der Waals surface area contributed by atoms with E-state index in [1.54, 1.807) is 30.3 Å². The Morgan fingerprint density at radius 1 is 1.06 bits per heavy atom. The first-order valence-corrected chi connectivity index (χ1v) is 4.90. The summed E-state index contributed by atoms with van der Waals surface area (Å²) >= 11 is 0. The molecule has 0 unspecified atom stereocenters. The summed E-state index contributed by atoms with van der Waals surface area (Å²) in [5, 5.41) is 0. The van der Waals surface area contributed by atoms with Crippen LogP contribution < -0.4 is 4.74 Å². The molecule has 0 amide bonds. The molecule has 3 nitrogen and oxygen atoms in total. The third kappa shape index (κ3) is 4.30. The van der Waals surface area contributed by atoms with Crippen molar-refractivity contribution in [2.45, 2.75) is 0 Å². The van der Waals surface area contributed by atoms with E-state index in [2.05, 4.69) is 13.2 Å². The molecular weight excluding hydrogens is 216 g/mol. The Hall–Kier alpha value is -2.42. The zero-order valence-electron chi connectivity index (χ0n) is 9.26. The first-order chi connectivity index (χ1) is 8.15. The maximum absolute atomic E-state index is 10.4. The maximum Gasteiger partial charge on any atom is 0.150 e. The fraction of sp³-hybridized carbons (Fsp3) is 0. The lowest BCUT2D eigenvalue weighted by atomic mass is 10.2. The Kier molecular flexibility index (Phi) is 4.63. The lowest BCUT2D eigenvalue weighted by Gasteiger charge is -2.04. The SMILES string of the molecule is C=C(C=O)/C=C\C(=C)Oc1ccc(C=O)cc1. The minimum Gasteiger partial charge on any atom is -0.458 e. The van der Waals surface area contributed by atoms with Crippen molar-refractivity contribution in [2.24, 2.45) is 0 Å². The van der Waals surface area contributed by atoms with Crippen LogP contribution in [-0.4, -0.2) is 12.6 Å². The molecule has 17 heavy (non-hydrogen) atoms. The van der Waals surface area contributed by atoms with Crippen LogP contribution >= 0.6 is 0 Å². The molecule has 86 valence electrons. The molecule has 0 aliphatic carbocycles. The number of carbonyl (C=O) groups excluding carboxylic acids is 2. The molecule has 1 aromatic carbocycles. The highest BCUT2D eigenvalue weighted by molar-refractivity contribution is 5.76. The van der Waals surface area contributed by atoms with Gasteiger partial charge in [-0.2, -0.15) is 0 Å². The van der Waals surface area contributed by atoms with Crippen LogP contribution in [0, 0.1) is 0 Å². The summed E-state index contributed by atoms with van der Waals surface area (Å²) < 4.78 is 5.35. The highest BCUT2D eigenvalue weighted by Gasteiger charge is 1.96. The van der Waals surface area contributed by atoms with Gasteiger partial charge in [-0.1, -0.05) is 13.2 Å². The number of ether oxygens (including phenoxy) is 1. The van der Waals surface area contributed by atoms with Gasteiger partial charge < -0.3 is 4.74 Å². The maximum atomic E-state index is 10.4. The van der Waals surface area contributed by atoms with Gasteiger partial charge in [0.2, 0.25) is 0 Å². The Balaban J connectivity index is 2.61. The minimum atomic E-state index is 0.339. The van der Waals surface area contributed by atoms with Crippen LogP contribution in [0.2, 0.25) is 0 Å². The third-order valence-corrected chi connectivity index (χ3v) is 1.90. The number of allylic oxidation sites excluding steroid dienone is 3. The van der Waals surface area contributed by atoms with E-state index in [1.165, 1.54) is 6.08 Å². The van der Waals surface area contributed by atoms with Crippen LogP contribution in [0.4, 0.5) is 0 Å². The summed E-state index contributed by atoms with van der Waals surface area (Å²) in [5.41, 5.74) is 0.916. The number of hydrogen-bond donors (Lipinski definition) is 0. The van der Waals surface area contributed by atoms with Gasteiger partial charge >= 0.3 is 0 Å². The van der Waals surface area contributed by atoms with E-state index in [0.29, 0.717) is 28.9 Å². The Labute approximate surface area is 99.7 Å². The van der Waals surface area contributed by atoms with Crippen molar-refractivity contribution < 1.29 is 14.3 Å². The van der Waals surface area contributed by atoms with Gasteiger partial charge in [0, 0.05) is 11.1 Å². The normalized spacial score (nSPS) is 9.88. The number of benzene rings is 1. The molecule has 0 atom stereocenters. The Bertz CT molecular complexity index is 467. The number of hydrogen-bond acceptors (Lipinski definition) is 3. The summed E-state index contributed by atoms with van der Waals surface area (Å²) in [6, 6.07) is 6.61. The van der Waals surface area contributed by atoms with Crippen LogP contribution in [0.3, 0.4) is 0 Å². The summed E-state index contributed by atoms with van der Waals surface area (Å²) in [7, 11) is 0. The summed E-state index contributed by atoms with van der Waals surface area (Å²) in [6.07, 6.45) is 4.45. The summed E-state index contributed by atoms with van der Waals surface area (Å²) in [5.74, 6) is 0.953. The fourth-order valence-corrected chi connectivity index (χ4v) is 1.04. The van der Waals surface area contributed by atoms with Gasteiger partial charge in [-0.05, 0) is 36.4 Å². The number of aldehydes is 2. The minimum absolute atomic E-state index is 0.339. The van der Waals surface area contributed by atoms with Gasteiger partial charge in [0.05, 0.1) is 0 Å². The van der Waals surface area contributed by atoms with Crippen molar-refractivity contribution in [2.75, 3.05) is 0 Å². The number of carbonyl (C=O) groups is 2. The molecule has 0 N–H and O–H groups in total. The molecule has 1 aromatic rings. The fourth-order valence-electron chi connectivity index (χ4n) is 1.04. The second-order valence-electron chi connectivity index (χ2n) is 3.28. The molecule has 0 aliphatic rings. The van der Waals surface area contributed by atoms with Gasteiger partial charge in [0.1, 0.15) is 24.1 Å². The Morgan fingerprint density at radius 3 is 2.24 bits per heavy atom. The van der Waals surface area contributed by atoms with Crippen molar-refractivity contribution in [1.82, 2.24) is 0 Å². The van der Waals surface area contributed by atoms with Crippen molar-refractivity contribution in [1.29, 1.82) is 0 Å². The molecule has 0 aromatic heterocycles. The van der Waals surface area contributed by atoms with E-state index < -0.39 is 0 Å².